The molecule has 13 heteroatoms. The summed E-state index contributed by atoms with van der Waals surface area (Å²) in [5, 5.41) is 4.58. The number of nitrogens with one attached hydrogen (secondary N) is 1. The molecule has 184 valence electrons. The largest absolute Gasteiger partial charge is 0.452 e. The van der Waals surface area contributed by atoms with Crippen molar-refractivity contribution in [2.75, 3.05) is 38.2 Å². The van der Waals surface area contributed by atoms with E-state index in [2.05, 4.69) is 26.2 Å². The van der Waals surface area contributed by atoms with E-state index in [1.165, 1.54) is 15.6 Å². The average molecular weight is 584 g/mol. The van der Waals surface area contributed by atoms with Crippen LogP contribution in [0.2, 0.25) is 0 Å². The van der Waals surface area contributed by atoms with Crippen molar-refractivity contribution in [1.82, 2.24) is 9.29 Å². The van der Waals surface area contributed by atoms with Crippen LogP contribution < -0.4 is 5.32 Å². The first-order valence-electron chi connectivity index (χ1n) is 10.3. The molecule has 1 aliphatic rings. The number of hydrogen-bond acceptors (Lipinski definition) is 8. The van der Waals surface area contributed by atoms with Gasteiger partial charge in [-0.25, -0.2) is 22.6 Å². The first-order valence-corrected chi connectivity index (χ1v) is 13.4. The van der Waals surface area contributed by atoms with Gasteiger partial charge in [0.05, 0.1) is 29.4 Å². The van der Waals surface area contributed by atoms with Gasteiger partial charge < -0.3 is 9.47 Å². The Morgan fingerprint density at radius 1 is 1.20 bits per heavy atom. The van der Waals surface area contributed by atoms with Crippen LogP contribution in [-0.4, -0.2) is 62.5 Å². The van der Waals surface area contributed by atoms with Gasteiger partial charge in [-0.15, -0.1) is 11.3 Å². The van der Waals surface area contributed by atoms with Gasteiger partial charge in [0.2, 0.25) is 10.0 Å². The van der Waals surface area contributed by atoms with E-state index in [4.69, 9.17) is 9.47 Å². The number of morpholine rings is 1. The number of aromatic nitrogens is 1. The first kappa shape index (κ1) is 25.4. The number of carbonyl (C=O) groups excluding carboxylic acids is 2. The Bertz CT molecular complexity index is 1360. The summed E-state index contributed by atoms with van der Waals surface area (Å²) >= 11 is 4.58. The molecule has 3 aromatic rings. The predicted molar refractivity (Wildman–Crippen MR) is 130 cm³/mol. The van der Waals surface area contributed by atoms with Crippen LogP contribution in [-0.2, 0) is 24.3 Å². The molecule has 0 aliphatic carbocycles. The lowest BCUT2D eigenvalue weighted by atomic mass is 10.2. The number of esters is 1. The van der Waals surface area contributed by atoms with Gasteiger partial charge in [-0.2, -0.15) is 4.31 Å². The summed E-state index contributed by atoms with van der Waals surface area (Å²) in [6.45, 7) is 0.0890. The van der Waals surface area contributed by atoms with Gasteiger partial charge in [-0.05, 0) is 30.3 Å². The molecule has 1 N–H and O–H groups in total. The summed E-state index contributed by atoms with van der Waals surface area (Å²) in [4.78, 5) is 28.7. The molecule has 2 aromatic carbocycles. The fraction of sp³-hybridized carbons (Fsp3) is 0.227. The Labute approximate surface area is 213 Å². The number of anilines is 1. The van der Waals surface area contributed by atoms with Gasteiger partial charge in [-0.3, -0.25) is 10.1 Å². The minimum Gasteiger partial charge on any atom is -0.452 e. The van der Waals surface area contributed by atoms with Gasteiger partial charge in [0.25, 0.3) is 5.91 Å². The molecule has 1 fully saturated rings. The fourth-order valence-corrected chi connectivity index (χ4v) is 5.80. The van der Waals surface area contributed by atoms with Crippen molar-refractivity contribution < 1.29 is 31.9 Å². The zero-order chi connectivity index (χ0) is 25.0. The number of sulfonamides is 1. The summed E-state index contributed by atoms with van der Waals surface area (Å²) in [5.74, 6) is -2.80. The van der Waals surface area contributed by atoms with Gasteiger partial charge >= 0.3 is 5.97 Å². The smallest absolute Gasteiger partial charge is 0.341 e. The number of benzene rings is 2. The van der Waals surface area contributed by atoms with E-state index >= 15 is 0 Å². The van der Waals surface area contributed by atoms with Gasteiger partial charge in [0.1, 0.15) is 5.82 Å². The van der Waals surface area contributed by atoms with E-state index in [1.54, 1.807) is 5.38 Å². The molecule has 0 unspecified atom stereocenters. The van der Waals surface area contributed by atoms with Crippen LogP contribution in [0, 0.1) is 5.82 Å². The lowest BCUT2D eigenvalue weighted by Gasteiger charge is -2.26. The topological polar surface area (TPSA) is 115 Å². The Morgan fingerprint density at radius 3 is 2.71 bits per heavy atom. The molecular formula is C22H19BrFN3O6S2. The van der Waals surface area contributed by atoms with Crippen molar-refractivity contribution in [3.05, 3.63) is 63.7 Å². The lowest BCUT2D eigenvalue weighted by molar-refractivity contribution is -0.119. The second kappa shape index (κ2) is 10.9. The Morgan fingerprint density at radius 2 is 1.97 bits per heavy atom. The molecule has 0 spiro atoms. The maximum atomic E-state index is 14.3. The first-order chi connectivity index (χ1) is 16.7. The molecule has 1 saturated heterocycles. The van der Waals surface area contributed by atoms with E-state index in [-0.39, 0.29) is 31.2 Å². The number of rotatable bonds is 7. The Hall–Kier alpha value is -2.71. The normalized spacial score (nSPS) is 14.5. The molecule has 35 heavy (non-hydrogen) atoms. The molecule has 0 bridgehead atoms. The van der Waals surface area contributed by atoms with Crippen LogP contribution in [0.4, 0.5) is 9.52 Å². The molecule has 2 heterocycles. The quantitative estimate of drug-likeness (QED) is 0.423. The second-order valence-corrected chi connectivity index (χ2v) is 11.0. The summed E-state index contributed by atoms with van der Waals surface area (Å²) in [5.41, 5.74) is 0.923. The summed E-state index contributed by atoms with van der Waals surface area (Å²) in [7, 11) is -3.94. The van der Waals surface area contributed by atoms with Crippen molar-refractivity contribution in [2.24, 2.45) is 0 Å². The van der Waals surface area contributed by atoms with E-state index in [9.17, 15) is 22.4 Å². The van der Waals surface area contributed by atoms with Crippen molar-refractivity contribution in [2.45, 2.75) is 4.90 Å². The van der Waals surface area contributed by atoms with E-state index in [0.717, 1.165) is 28.2 Å². The van der Waals surface area contributed by atoms with Gasteiger partial charge in [0, 0.05) is 28.5 Å². The molecule has 0 saturated carbocycles. The fourth-order valence-electron chi connectivity index (χ4n) is 3.23. The molecule has 1 amide bonds. The molecule has 1 aromatic heterocycles. The van der Waals surface area contributed by atoms with E-state index in [0.29, 0.717) is 10.8 Å². The zero-order valence-corrected chi connectivity index (χ0v) is 21.3. The highest BCUT2D eigenvalue weighted by Gasteiger charge is 2.28. The van der Waals surface area contributed by atoms with Crippen molar-refractivity contribution in [1.29, 1.82) is 0 Å². The molecule has 0 atom stereocenters. The highest BCUT2D eigenvalue weighted by molar-refractivity contribution is 9.10. The van der Waals surface area contributed by atoms with Crippen molar-refractivity contribution >= 4 is 54.3 Å². The van der Waals surface area contributed by atoms with Gasteiger partial charge in [0.15, 0.2) is 11.7 Å². The summed E-state index contributed by atoms with van der Waals surface area (Å²) in [6, 6.07) is 10.4. The maximum absolute atomic E-state index is 14.3. The van der Waals surface area contributed by atoms with Crippen molar-refractivity contribution in [3.8, 4) is 11.3 Å². The molecule has 9 nitrogen and oxygen atoms in total. The predicted octanol–water partition coefficient (Wildman–Crippen LogP) is 3.53. The minimum atomic E-state index is -3.94. The number of ether oxygens (including phenoxy) is 2. The molecule has 4 rings (SSSR count). The Kier molecular flexibility index (Phi) is 7.91. The number of thiazole rings is 1. The number of halogens is 2. The minimum absolute atomic E-state index is 0.152. The number of carbonyl (C=O) groups is 2. The third-order valence-corrected chi connectivity index (χ3v) is 8.12. The van der Waals surface area contributed by atoms with Crippen LogP contribution in [0.15, 0.2) is 57.2 Å². The second-order valence-electron chi connectivity index (χ2n) is 7.33. The highest BCUT2D eigenvalue weighted by Crippen LogP contribution is 2.27. The molecule has 0 radical (unpaired) electrons. The van der Waals surface area contributed by atoms with Crippen LogP contribution in [0.3, 0.4) is 0 Å². The average Bonchev–Trinajstić information content (AvgIpc) is 3.31. The molecule has 1 aliphatic heterocycles. The van der Waals surface area contributed by atoms with Crippen molar-refractivity contribution in [3.63, 3.8) is 0 Å². The number of hydrogen-bond donors (Lipinski definition) is 1. The van der Waals surface area contributed by atoms with E-state index < -0.39 is 39.9 Å². The lowest BCUT2D eigenvalue weighted by Crippen LogP contribution is -2.40. The van der Waals surface area contributed by atoms with E-state index in [1.807, 2.05) is 24.3 Å². The Balaban J connectivity index is 1.38. The standard InChI is InChI=1S/C22H19BrFN3O6S2/c23-15-3-1-2-14(10-15)19-13-34-22(25-19)26-20(28)12-33-21(29)17-11-16(4-5-18(17)24)35(30,31)27-6-8-32-9-7-27/h1-5,10-11,13H,6-9,12H2,(H,25,26,28). The number of nitrogens with zero attached hydrogens (tertiary/aromatic N) is 2. The van der Waals surface area contributed by atoms with Crippen LogP contribution in [0.1, 0.15) is 10.4 Å². The van der Waals surface area contributed by atoms with Gasteiger partial charge in [-0.1, -0.05) is 28.1 Å². The maximum Gasteiger partial charge on any atom is 0.341 e. The summed E-state index contributed by atoms with van der Waals surface area (Å²) in [6.07, 6.45) is 0. The third-order valence-electron chi connectivity index (χ3n) is 4.97. The van der Waals surface area contributed by atoms with Crippen LogP contribution in [0.25, 0.3) is 11.3 Å². The molecular weight excluding hydrogens is 565 g/mol. The third kappa shape index (κ3) is 6.11. The highest BCUT2D eigenvalue weighted by atomic mass is 79.9. The summed E-state index contributed by atoms with van der Waals surface area (Å²) < 4.78 is 52.0. The zero-order valence-electron chi connectivity index (χ0n) is 18.1. The monoisotopic (exact) mass is 583 g/mol. The number of amides is 1. The van der Waals surface area contributed by atoms with Crippen LogP contribution >= 0.6 is 27.3 Å². The SMILES string of the molecule is O=C(COC(=O)c1cc(S(=O)(=O)N2CCOCC2)ccc1F)Nc1nc(-c2cccc(Br)c2)cs1. The van der Waals surface area contributed by atoms with Crippen LogP contribution in [0.5, 0.6) is 0 Å².